The number of hydrogen-bond donors (Lipinski definition) is 0. The Morgan fingerprint density at radius 2 is 1.60 bits per heavy atom. The minimum Gasteiger partial charge on any atom is -0.290 e. The van der Waals surface area contributed by atoms with Crippen LogP contribution in [0.2, 0.25) is 10.0 Å². The van der Waals surface area contributed by atoms with Gasteiger partial charge in [-0.15, -0.1) is 0 Å². The molecular weight excluding hydrogens is 355 g/mol. The SMILES string of the molecule is O=C(C[n+]1cn(-c2ccc(Cl)cc2)c2c1CCC2)c1ccc(Cl)cc1. The van der Waals surface area contributed by atoms with E-state index in [1.807, 2.05) is 30.6 Å². The summed E-state index contributed by atoms with van der Waals surface area (Å²) in [6, 6.07) is 14.9. The van der Waals surface area contributed by atoms with Gasteiger partial charge in [-0.3, -0.25) is 4.79 Å². The van der Waals surface area contributed by atoms with Gasteiger partial charge in [0.2, 0.25) is 12.1 Å². The number of fused-ring (bicyclic) bond motifs is 1. The fourth-order valence-electron chi connectivity index (χ4n) is 3.40. The Balaban J connectivity index is 1.66. The minimum atomic E-state index is 0.0876. The lowest BCUT2D eigenvalue weighted by molar-refractivity contribution is -0.689. The zero-order valence-electron chi connectivity index (χ0n) is 13.6. The predicted molar refractivity (Wildman–Crippen MR) is 98.8 cm³/mol. The molecule has 1 heterocycles. The molecule has 0 aliphatic heterocycles. The maximum Gasteiger partial charge on any atom is 0.249 e. The number of carbonyl (C=O) groups excluding carboxylic acids is 1. The number of rotatable bonds is 4. The molecule has 25 heavy (non-hydrogen) atoms. The van der Waals surface area contributed by atoms with E-state index in [4.69, 9.17) is 23.2 Å². The van der Waals surface area contributed by atoms with E-state index in [0.717, 1.165) is 30.0 Å². The molecule has 0 radical (unpaired) electrons. The molecule has 1 aliphatic rings. The van der Waals surface area contributed by atoms with Gasteiger partial charge in [-0.25, -0.2) is 4.57 Å². The third-order valence-corrected chi connectivity index (χ3v) is 5.14. The van der Waals surface area contributed by atoms with Gasteiger partial charge in [-0.2, -0.15) is 4.57 Å². The Labute approximate surface area is 156 Å². The molecule has 3 nitrogen and oxygen atoms in total. The monoisotopic (exact) mass is 371 g/mol. The van der Waals surface area contributed by atoms with Crippen molar-refractivity contribution in [1.82, 2.24) is 4.57 Å². The first-order chi connectivity index (χ1) is 12.1. The van der Waals surface area contributed by atoms with Crippen LogP contribution in [0.4, 0.5) is 0 Å². The normalized spacial score (nSPS) is 13.0. The van der Waals surface area contributed by atoms with Gasteiger partial charge in [0.25, 0.3) is 0 Å². The molecule has 5 heteroatoms. The molecule has 126 valence electrons. The van der Waals surface area contributed by atoms with Crippen LogP contribution in [-0.2, 0) is 19.4 Å². The third-order valence-electron chi connectivity index (χ3n) is 4.64. The van der Waals surface area contributed by atoms with E-state index in [-0.39, 0.29) is 5.78 Å². The van der Waals surface area contributed by atoms with Crippen molar-refractivity contribution in [3.05, 3.63) is 81.9 Å². The van der Waals surface area contributed by atoms with Gasteiger partial charge in [0.15, 0.2) is 12.2 Å². The van der Waals surface area contributed by atoms with Gasteiger partial charge in [-0.05, 0) is 55.0 Å². The molecule has 0 saturated heterocycles. The van der Waals surface area contributed by atoms with E-state index < -0.39 is 0 Å². The highest BCUT2D eigenvalue weighted by molar-refractivity contribution is 6.30. The Morgan fingerprint density at radius 1 is 0.960 bits per heavy atom. The molecule has 0 unspecified atom stereocenters. The summed E-state index contributed by atoms with van der Waals surface area (Å²) in [7, 11) is 0. The molecule has 1 aromatic heterocycles. The summed E-state index contributed by atoms with van der Waals surface area (Å²) >= 11 is 11.9. The van der Waals surface area contributed by atoms with Crippen molar-refractivity contribution < 1.29 is 9.36 Å². The van der Waals surface area contributed by atoms with Gasteiger partial charge in [0.1, 0.15) is 11.4 Å². The highest BCUT2D eigenvalue weighted by Crippen LogP contribution is 2.24. The first-order valence-corrected chi connectivity index (χ1v) is 9.04. The summed E-state index contributed by atoms with van der Waals surface area (Å²) in [4.78, 5) is 12.6. The van der Waals surface area contributed by atoms with Crippen LogP contribution >= 0.6 is 23.2 Å². The standard InChI is InChI=1S/C20H17Cl2N2O/c21-15-6-4-14(5-7-15)20(25)12-23-13-24(19-3-1-2-18(19)23)17-10-8-16(22)9-11-17/h4-11,13H,1-3,12H2/q+1. The first-order valence-electron chi connectivity index (χ1n) is 8.29. The number of hydrogen-bond acceptors (Lipinski definition) is 1. The van der Waals surface area contributed by atoms with Crippen molar-refractivity contribution in [3.63, 3.8) is 0 Å². The van der Waals surface area contributed by atoms with Crippen molar-refractivity contribution in [2.24, 2.45) is 0 Å². The van der Waals surface area contributed by atoms with E-state index in [1.165, 1.54) is 11.4 Å². The Morgan fingerprint density at radius 3 is 2.28 bits per heavy atom. The maximum absolute atomic E-state index is 12.6. The van der Waals surface area contributed by atoms with Gasteiger partial charge >= 0.3 is 0 Å². The number of aromatic nitrogens is 2. The average molecular weight is 372 g/mol. The molecule has 2 aromatic carbocycles. The molecule has 0 atom stereocenters. The van der Waals surface area contributed by atoms with Crippen molar-refractivity contribution in [3.8, 4) is 5.69 Å². The lowest BCUT2D eigenvalue weighted by Crippen LogP contribution is -2.39. The lowest BCUT2D eigenvalue weighted by atomic mass is 10.1. The van der Waals surface area contributed by atoms with Gasteiger partial charge in [0.05, 0.1) is 0 Å². The predicted octanol–water partition coefficient (Wildman–Crippen LogP) is 4.44. The fraction of sp³-hybridized carbons (Fsp3) is 0.200. The van der Waals surface area contributed by atoms with Crippen LogP contribution in [0.1, 0.15) is 28.2 Å². The van der Waals surface area contributed by atoms with E-state index in [2.05, 4.69) is 9.13 Å². The summed E-state index contributed by atoms with van der Waals surface area (Å²) in [6.07, 6.45) is 5.18. The number of nitrogens with zero attached hydrogens (tertiary/aromatic N) is 2. The number of benzene rings is 2. The highest BCUT2D eigenvalue weighted by atomic mass is 35.5. The molecule has 4 rings (SSSR count). The van der Waals surface area contributed by atoms with Crippen LogP contribution in [0.3, 0.4) is 0 Å². The minimum absolute atomic E-state index is 0.0876. The molecule has 0 amide bonds. The Kier molecular flexibility index (Phi) is 4.36. The van der Waals surface area contributed by atoms with Gasteiger partial charge in [0, 0.05) is 28.5 Å². The summed E-state index contributed by atoms with van der Waals surface area (Å²) in [5.41, 5.74) is 4.28. The number of imidazole rings is 1. The number of ketones is 1. The van der Waals surface area contributed by atoms with Gasteiger partial charge < -0.3 is 0 Å². The number of carbonyl (C=O) groups is 1. The van der Waals surface area contributed by atoms with Crippen LogP contribution < -0.4 is 4.57 Å². The second kappa shape index (κ2) is 6.66. The van der Waals surface area contributed by atoms with E-state index in [9.17, 15) is 4.79 Å². The van der Waals surface area contributed by atoms with Crippen molar-refractivity contribution in [1.29, 1.82) is 0 Å². The molecule has 1 aliphatic carbocycles. The Hall–Kier alpha value is -2.10. The van der Waals surface area contributed by atoms with E-state index in [1.54, 1.807) is 24.3 Å². The molecule has 0 saturated carbocycles. The second-order valence-electron chi connectivity index (χ2n) is 6.27. The van der Waals surface area contributed by atoms with Crippen LogP contribution in [0.15, 0.2) is 54.9 Å². The third kappa shape index (κ3) is 3.22. The summed E-state index contributed by atoms with van der Waals surface area (Å²) in [5.74, 6) is 0.0876. The van der Waals surface area contributed by atoms with Crippen molar-refractivity contribution >= 4 is 29.0 Å². The molecule has 3 aromatic rings. The van der Waals surface area contributed by atoms with Gasteiger partial charge in [-0.1, -0.05) is 23.2 Å². The van der Waals surface area contributed by atoms with Crippen LogP contribution in [0.25, 0.3) is 5.69 Å². The largest absolute Gasteiger partial charge is 0.290 e. The summed E-state index contributed by atoms with van der Waals surface area (Å²) < 4.78 is 4.25. The van der Waals surface area contributed by atoms with Crippen LogP contribution in [-0.4, -0.2) is 10.4 Å². The molecule has 0 bridgehead atoms. The quantitative estimate of drug-likeness (QED) is 0.491. The number of Topliss-reactive ketones (excluding diaryl/α,β-unsaturated/α-hetero) is 1. The van der Waals surface area contributed by atoms with Crippen molar-refractivity contribution in [2.45, 2.75) is 25.8 Å². The van der Waals surface area contributed by atoms with Crippen LogP contribution in [0.5, 0.6) is 0 Å². The molecular formula is C20H17Cl2N2O+. The molecule has 0 fully saturated rings. The van der Waals surface area contributed by atoms with E-state index >= 15 is 0 Å². The maximum atomic E-state index is 12.6. The first kappa shape index (κ1) is 16.4. The van der Waals surface area contributed by atoms with Crippen molar-refractivity contribution in [2.75, 3.05) is 0 Å². The smallest absolute Gasteiger partial charge is 0.249 e. The zero-order chi connectivity index (χ0) is 17.4. The van der Waals surface area contributed by atoms with Crippen LogP contribution in [0, 0.1) is 0 Å². The fourth-order valence-corrected chi connectivity index (χ4v) is 3.65. The summed E-state index contributed by atoms with van der Waals surface area (Å²) in [5, 5.41) is 1.36. The average Bonchev–Trinajstić information content (AvgIpc) is 3.20. The highest BCUT2D eigenvalue weighted by Gasteiger charge is 2.29. The number of halogens is 2. The Bertz CT molecular complexity index is 928. The zero-order valence-corrected chi connectivity index (χ0v) is 15.1. The molecule has 0 N–H and O–H groups in total. The lowest BCUT2D eigenvalue weighted by Gasteiger charge is -2.01. The topological polar surface area (TPSA) is 25.9 Å². The molecule has 0 spiro atoms. The van der Waals surface area contributed by atoms with E-state index in [0.29, 0.717) is 17.1 Å². The summed E-state index contributed by atoms with van der Waals surface area (Å²) in [6.45, 7) is 0.338. The second-order valence-corrected chi connectivity index (χ2v) is 7.14.